The summed E-state index contributed by atoms with van der Waals surface area (Å²) in [5.74, 6) is -0.159. The summed E-state index contributed by atoms with van der Waals surface area (Å²) >= 11 is 0. The number of aliphatic carboxylic acids is 1. The summed E-state index contributed by atoms with van der Waals surface area (Å²) in [6, 6.07) is 6.27. The van der Waals surface area contributed by atoms with Crippen molar-refractivity contribution in [2.45, 2.75) is 73.0 Å². The fraction of sp³-hybridized carbons (Fsp3) is 0.586. The van der Waals surface area contributed by atoms with E-state index in [9.17, 15) is 9.90 Å². The van der Waals surface area contributed by atoms with Crippen molar-refractivity contribution in [2.24, 2.45) is 5.41 Å². The molecule has 0 bridgehead atoms. The number of carbonyl (C=O) groups is 1. The van der Waals surface area contributed by atoms with Gasteiger partial charge in [0.1, 0.15) is 12.4 Å². The van der Waals surface area contributed by atoms with Crippen LogP contribution in [-0.4, -0.2) is 54.9 Å². The molecule has 7 heteroatoms. The lowest BCUT2D eigenvalue weighted by atomic mass is 9.81. The lowest BCUT2D eigenvalue weighted by Gasteiger charge is -2.41. The van der Waals surface area contributed by atoms with Gasteiger partial charge in [-0.05, 0) is 70.6 Å². The molecular weight excluding hydrogens is 454 g/mol. The topological polar surface area (TPSA) is 75.1 Å². The largest absolute Gasteiger partial charge is 0.490 e. The lowest BCUT2D eigenvalue weighted by Crippen LogP contribution is -2.39. The number of carboxylic acid groups (broad SMARTS) is 1. The minimum absolute atomic E-state index is 0.256. The highest BCUT2D eigenvalue weighted by molar-refractivity contribution is 5.89. The third-order valence-corrected chi connectivity index (χ3v) is 7.31. The van der Waals surface area contributed by atoms with E-state index < -0.39 is 17.7 Å². The molecule has 1 saturated heterocycles. The molecule has 4 rings (SSSR count). The van der Waals surface area contributed by atoms with Crippen LogP contribution in [-0.2, 0) is 9.53 Å². The molecule has 0 aliphatic carbocycles. The third-order valence-electron chi connectivity index (χ3n) is 7.31. The van der Waals surface area contributed by atoms with Gasteiger partial charge in [0.2, 0.25) is 0 Å². The number of ether oxygens (including phenoxy) is 2. The van der Waals surface area contributed by atoms with Crippen molar-refractivity contribution in [3.63, 3.8) is 0 Å². The maximum atomic E-state index is 12.6. The van der Waals surface area contributed by atoms with Crippen molar-refractivity contribution in [3.05, 3.63) is 35.2 Å². The Kier molecular flexibility index (Phi) is 6.99. The predicted molar refractivity (Wildman–Crippen MR) is 144 cm³/mol. The highest BCUT2D eigenvalue weighted by Crippen LogP contribution is 2.46. The number of aryl methyl sites for hydroxylation is 2. The summed E-state index contributed by atoms with van der Waals surface area (Å²) in [6.45, 7) is 17.4. The Morgan fingerprint density at radius 1 is 1.14 bits per heavy atom. The van der Waals surface area contributed by atoms with Gasteiger partial charge in [-0.25, -0.2) is 4.79 Å². The van der Waals surface area contributed by atoms with Crippen LogP contribution in [0.3, 0.4) is 0 Å². The number of hydrogen-bond acceptors (Lipinski definition) is 6. The predicted octanol–water partition coefficient (Wildman–Crippen LogP) is 5.76. The molecule has 0 radical (unpaired) electrons. The fourth-order valence-corrected chi connectivity index (χ4v) is 5.27. The second-order valence-corrected chi connectivity index (χ2v) is 12.0. The molecule has 1 fully saturated rings. The molecule has 1 N–H and O–H groups in total. The van der Waals surface area contributed by atoms with Gasteiger partial charge in [-0.2, -0.15) is 0 Å². The van der Waals surface area contributed by atoms with Gasteiger partial charge in [-0.1, -0.05) is 19.9 Å². The Balaban J connectivity index is 1.96. The van der Waals surface area contributed by atoms with Crippen molar-refractivity contribution in [1.82, 2.24) is 4.98 Å². The molecule has 1 aromatic heterocycles. The number of aromatic nitrogens is 1. The number of likely N-dealkylation sites (N-methyl/N-ethyl adjacent to an activating group) is 1. The Morgan fingerprint density at radius 2 is 1.81 bits per heavy atom. The quantitative estimate of drug-likeness (QED) is 0.565. The minimum Gasteiger partial charge on any atom is -0.490 e. The molecule has 0 spiro atoms. The molecule has 2 aromatic rings. The molecule has 7 nitrogen and oxygen atoms in total. The zero-order valence-electron chi connectivity index (χ0n) is 23.1. The number of carboxylic acids is 1. The van der Waals surface area contributed by atoms with Gasteiger partial charge >= 0.3 is 5.97 Å². The second-order valence-electron chi connectivity index (χ2n) is 12.0. The number of anilines is 2. The summed E-state index contributed by atoms with van der Waals surface area (Å²) < 4.78 is 12.2. The summed E-state index contributed by atoms with van der Waals surface area (Å²) in [7, 11) is 2.07. The van der Waals surface area contributed by atoms with E-state index in [1.54, 1.807) is 0 Å². The molecule has 1 unspecified atom stereocenters. The molecule has 1 atom stereocenters. The summed E-state index contributed by atoms with van der Waals surface area (Å²) in [5, 5.41) is 10.3. The third kappa shape index (κ3) is 5.31. The van der Waals surface area contributed by atoms with Gasteiger partial charge in [-0.3, -0.25) is 4.98 Å². The SMILES string of the molecule is Cc1nc(C)c(C(OC(C)(C)C)C(=O)O)c(N2CCC(C)(C)CC2)c1-c1ccc2c(c1)OCCN2C. The van der Waals surface area contributed by atoms with E-state index in [0.717, 1.165) is 66.4 Å². The molecule has 2 aliphatic rings. The van der Waals surface area contributed by atoms with Crippen LogP contribution in [0.5, 0.6) is 5.75 Å². The minimum atomic E-state index is -1.12. The first-order valence-corrected chi connectivity index (χ1v) is 12.9. The van der Waals surface area contributed by atoms with Crippen molar-refractivity contribution >= 4 is 17.3 Å². The number of fused-ring (bicyclic) bond motifs is 1. The highest BCUT2D eigenvalue weighted by Gasteiger charge is 2.36. The highest BCUT2D eigenvalue weighted by atomic mass is 16.5. The van der Waals surface area contributed by atoms with E-state index in [-0.39, 0.29) is 5.41 Å². The molecule has 0 amide bonds. The average molecular weight is 496 g/mol. The van der Waals surface area contributed by atoms with Gasteiger partial charge in [0.15, 0.2) is 6.10 Å². The first-order chi connectivity index (χ1) is 16.8. The van der Waals surface area contributed by atoms with Crippen LogP contribution in [0.2, 0.25) is 0 Å². The molecule has 3 heterocycles. The van der Waals surface area contributed by atoms with Gasteiger partial charge < -0.3 is 24.4 Å². The Labute approximate surface area is 215 Å². The van der Waals surface area contributed by atoms with Crippen LogP contribution in [0.4, 0.5) is 11.4 Å². The monoisotopic (exact) mass is 495 g/mol. The van der Waals surface area contributed by atoms with Crippen molar-refractivity contribution in [3.8, 4) is 16.9 Å². The zero-order valence-corrected chi connectivity index (χ0v) is 23.1. The fourth-order valence-electron chi connectivity index (χ4n) is 5.27. The van der Waals surface area contributed by atoms with E-state index in [0.29, 0.717) is 17.9 Å². The van der Waals surface area contributed by atoms with Gasteiger partial charge in [0, 0.05) is 42.7 Å². The van der Waals surface area contributed by atoms with Crippen LogP contribution < -0.4 is 14.5 Å². The molecule has 36 heavy (non-hydrogen) atoms. The summed E-state index contributed by atoms with van der Waals surface area (Å²) in [6.07, 6.45) is 0.937. The van der Waals surface area contributed by atoms with Crippen LogP contribution in [0, 0.1) is 19.3 Å². The number of piperidine rings is 1. The Bertz CT molecular complexity index is 1140. The normalized spacial score (nSPS) is 18.4. The van der Waals surface area contributed by atoms with E-state index in [4.69, 9.17) is 14.5 Å². The van der Waals surface area contributed by atoms with Crippen LogP contribution >= 0.6 is 0 Å². The average Bonchev–Trinajstić information content (AvgIpc) is 2.77. The lowest BCUT2D eigenvalue weighted by molar-refractivity contribution is -0.160. The maximum Gasteiger partial charge on any atom is 0.337 e. The standard InChI is InChI=1S/C29H41N3O4/c1-18-23(20-9-10-21-22(17-20)35-16-15-31(21)8)25(32-13-11-29(6,7)12-14-32)24(19(2)30-18)26(27(33)34)36-28(3,4)5/h9-10,17,26H,11-16H2,1-8H3,(H,33,34). The van der Waals surface area contributed by atoms with E-state index >= 15 is 0 Å². The first kappa shape index (κ1) is 26.3. The Morgan fingerprint density at radius 3 is 2.42 bits per heavy atom. The van der Waals surface area contributed by atoms with Crippen molar-refractivity contribution < 1.29 is 19.4 Å². The first-order valence-electron chi connectivity index (χ1n) is 12.9. The van der Waals surface area contributed by atoms with Gasteiger partial charge in [0.05, 0.1) is 23.5 Å². The number of hydrogen-bond donors (Lipinski definition) is 1. The van der Waals surface area contributed by atoms with Gasteiger partial charge in [-0.15, -0.1) is 0 Å². The molecule has 2 aliphatic heterocycles. The number of nitrogens with zero attached hydrogens (tertiary/aromatic N) is 3. The molecular formula is C29H41N3O4. The maximum absolute atomic E-state index is 12.6. The number of rotatable bonds is 5. The number of benzene rings is 1. The van der Waals surface area contributed by atoms with E-state index in [1.807, 2.05) is 34.6 Å². The zero-order chi connectivity index (χ0) is 26.4. The molecule has 196 valence electrons. The smallest absolute Gasteiger partial charge is 0.337 e. The van der Waals surface area contributed by atoms with E-state index in [2.05, 4.69) is 48.9 Å². The Hall–Kier alpha value is -2.80. The van der Waals surface area contributed by atoms with E-state index in [1.165, 1.54) is 0 Å². The van der Waals surface area contributed by atoms with Crippen LogP contribution in [0.25, 0.3) is 11.1 Å². The van der Waals surface area contributed by atoms with Crippen LogP contribution in [0.15, 0.2) is 18.2 Å². The summed E-state index contributed by atoms with van der Waals surface area (Å²) in [5.41, 5.74) is 5.77. The molecule has 1 aromatic carbocycles. The van der Waals surface area contributed by atoms with Crippen molar-refractivity contribution in [1.29, 1.82) is 0 Å². The molecule has 0 saturated carbocycles. The number of pyridine rings is 1. The van der Waals surface area contributed by atoms with Crippen molar-refractivity contribution in [2.75, 3.05) is 43.1 Å². The second kappa shape index (κ2) is 9.58. The summed E-state index contributed by atoms with van der Waals surface area (Å²) in [4.78, 5) is 22.1. The van der Waals surface area contributed by atoms with Crippen LogP contribution in [0.1, 0.15) is 70.5 Å². The van der Waals surface area contributed by atoms with Gasteiger partial charge in [0.25, 0.3) is 0 Å².